The number of methoxy groups -OCH3 is 1. The molecule has 1 aliphatic heterocycles. The second kappa shape index (κ2) is 8.04. The number of rotatable bonds is 6. The number of allylic oxidation sites excluding steroid dienone is 1. The van der Waals surface area contributed by atoms with Crippen molar-refractivity contribution < 1.29 is 36.4 Å². The van der Waals surface area contributed by atoms with Crippen LogP contribution in [0.25, 0.3) is 0 Å². The second-order valence-corrected chi connectivity index (χ2v) is 9.29. The fraction of sp³-hybridized carbons (Fsp3) is 0.450. The molecule has 1 heterocycles. The van der Waals surface area contributed by atoms with E-state index in [1.54, 1.807) is 6.20 Å². The molecule has 0 aromatic heterocycles. The van der Waals surface area contributed by atoms with Crippen molar-refractivity contribution in [3.63, 3.8) is 0 Å². The van der Waals surface area contributed by atoms with E-state index in [0.717, 1.165) is 16.8 Å². The summed E-state index contributed by atoms with van der Waals surface area (Å²) < 4.78 is 53.8. The third-order valence-corrected chi connectivity index (χ3v) is 7.01. The molecule has 4 rings (SSSR count). The molecule has 0 saturated heterocycles. The molecule has 166 valence electrons. The maximum atomic E-state index is 13.5. The number of nitrogens with zero attached hydrogens (tertiary/aromatic N) is 1. The summed E-state index contributed by atoms with van der Waals surface area (Å²) in [5.41, 5.74) is 2.62. The first-order valence-electron chi connectivity index (χ1n) is 9.67. The number of benzene rings is 1. The number of esters is 2. The lowest BCUT2D eigenvalue weighted by atomic mass is 9.68. The normalized spacial score (nSPS) is 29.8. The number of hydrogen-bond acceptors (Lipinski definition) is 8. The standard InChI is InChI=1S/C20H21FN2O7S/c1-29-19(24)17-12-7-11(16(17)20(25)30-9-14(21)31(26,27)28)13-8-22-23-18(15(12)13)10-5-3-2-4-6-10/h2-6,8,11-12,14-17,22H,7,9H2,1H3,(H,26,27,28). The molecule has 2 aliphatic carbocycles. The number of ether oxygens (including phenoxy) is 2. The lowest BCUT2D eigenvalue weighted by Crippen LogP contribution is -2.44. The van der Waals surface area contributed by atoms with Crippen LogP contribution in [0.3, 0.4) is 0 Å². The molecule has 0 amide bonds. The number of fused-ring (bicyclic) bond motifs is 5. The molecule has 31 heavy (non-hydrogen) atoms. The Morgan fingerprint density at radius 3 is 2.61 bits per heavy atom. The Kier molecular flexibility index (Phi) is 5.56. The molecule has 0 radical (unpaired) electrons. The van der Waals surface area contributed by atoms with E-state index in [1.165, 1.54) is 7.11 Å². The van der Waals surface area contributed by atoms with Gasteiger partial charge in [-0.25, -0.2) is 4.39 Å². The minimum atomic E-state index is -5.00. The molecule has 3 aliphatic rings. The molecule has 2 fully saturated rings. The Balaban J connectivity index is 1.62. The van der Waals surface area contributed by atoms with Gasteiger partial charge in [0.05, 0.1) is 24.7 Å². The number of carbonyl (C=O) groups excluding carboxylic acids is 2. The Bertz CT molecular complexity index is 1060. The van der Waals surface area contributed by atoms with Crippen LogP contribution in [0.5, 0.6) is 0 Å². The van der Waals surface area contributed by atoms with Crippen LogP contribution in [0.15, 0.2) is 47.2 Å². The van der Waals surface area contributed by atoms with Gasteiger partial charge in [-0.2, -0.15) is 13.5 Å². The summed E-state index contributed by atoms with van der Waals surface area (Å²) in [7, 11) is -3.78. The average molecular weight is 452 g/mol. The van der Waals surface area contributed by atoms with E-state index in [9.17, 15) is 22.4 Å². The second-order valence-electron chi connectivity index (χ2n) is 7.75. The van der Waals surface area contributed by atoms with E-state index in [-0.39, 0.29) is 17.8 Å². The highest BCUT2D eigenvalue weighted by atomic mass is 32.2. The average Bonchev–Trinajstić information content (AvgIpc) is 3.33. The fourth-order valence-electron chi connectivity index (χ4n) is 5.02. The lowest BCUT2D eigenvalue weighted by molar-refractivity contribution is -0.161. The van der Waals surface area contributed by atoms with Crippen molar-refractivity contribution in [2.75, 3.05) is 13.7 Å². The van der Waals surface area contributed by atoms with Gasteiger partial charge in [0.25, 0.3) is 5.50 Å². The van der Waals surface area contributed by atoms with Crippen molar-refractivity contribution >= 4 is 27.8 Å². The highest BCUT2D eigenvalue weighted by Gasteiger charge is 2.62. The largest absolute Gasteiger partial charge is 0.469 e. The minimum absolute atomic E-state index is 0.200. The Labute approximate surface area is 178 Å². The molecular weight excluding hydrogens is 431 g/mol. The first-order valence-corrected chi connectivity index (χ1v) is 11.2. The summed E-state index contributed by atoms with van der Waals surface area (Å²) in [6.07, 6.45) is 2.20. The number of carbonyl (C=O) groups is 2. The zero-order valence-corrected chi connectivity index (χ0v) is 17.3. The molecule has 1 aromatic carbocycles. The number of hydrogen-bond donors (Lipinski definition) is 2. The first-order chi connectivity index (χ1) is 14.7. The van der Waals surface area contributed by atoms with Crippen LogP contribution in [0.4, 0.5) is 4.39 Å². The van der Waals surface area contributed by atoms with E-state index < -0.39 is 46.0 Å². The monoisotopic (exact) mass is 452 g/mol. The molecule has 6 atom stereocenters. The number of hydrazone groups is 1. The molecule has 2 bridgehead atoms. The van der Waals surface area contributed by atoms with Crippen molar-refractivity contribution in [1.29, 1.82) is 0 Å². The van der Waals surface area contributed by atoms with E-state index >= 15 is 0 Å². The predicted octanol–water partition coefficient (Wildman–Crippen LogP) is 1.28. The fourth-order valence-corrected chi connectivity index (χ4v) is 5.26. The van der Waals surface area contributed by atoms with Crippen molar-refractivity contribution in [3.05, 3.63) is 47.7 Å². The van der Waals surface area contributed by atoms with Crippen molar-refractivity contribution in [1.82, 2.24) is 5.43 Å². The van der Waals surface area contributed by atoms with Gasteiger partial charge in [0.15, 0.2) is 0 Å². The van der Waals surface area contributed by atoms with Crippen LogP contribution >= 0.6 is 0 Å². The maximum absolute atomic E-state index is 13.5. The van der Waals surface area contributed by atoms with Crippen LogP contribution in [-0.4, -0.2) is 49.8 Å². The van der Waals surface area contributed by atoms with Gasteiger partial charge < -0.3 is 9.47 Å². The molecule has 2 saturated carbocycles. The van der Waals surface area contributed by atoms with Gasteiger partial charge in [-0.05, 0) is 29.4 Å². The van der Waals surface area contributed by atoms with Crippen LogP contribution < -0.4 is 5.43 Å². The molecule has 0 spiro atoms. The minimum Gasteiger partial charge on any atom is -0.469 e. The Morgan fingerprint density at radius 1 is 1.26 bits per heavy atom. The van der Waals surface area contributed by atoms with Crippen LogP contribution in [-0.2, 0) is 29.2 Å². The third-order valence-electron chi connectivity index (χ3n) is 6.23. The molecule has 2 N–H and O–H groups in total. The van der Waals surface area contributed by atoms with Crippen LogP contribution in [0, 0.1) is 29.6 Å². The quantitative estimate of drug-likeness (QED) is 0.487. The van der Waals surface area contributed by atoms with E-state index in [1.807, 2.05) is 30.3 Å². The van der Waals surface area contributed by atoms with Crippen molar-refractivity contribution in [3.8, 4) is 0 Å². The zero-order chi connectivity index (χ0) is 22.3. The molecular formula is C20H21FN2O7S. The van der Waals surface area contributed by atoms with E-state index in [2.05, 4.69) is 10.5 Å². The summed E-state index contributed by atoms with van der Waals surface area (Å²) in [5, 5.41) is 4.42. The van der Waals surface area contributed by atoms with Gasteiger partial charge in [0.2, 0.25) is 0 Å². The van der Waals surface area contributed by atoms with Crippen molar-refractivity contribution in [2.24, 2.45) is 34.7 Å². The molecule has 11 heteroatoms. The highest BCUT2D eigenvalue weighted by molar-refractivity contribution is 7.86. The number of halogens is 1. The summed E-state index contributed by atoms with van der Waals surface area (Å²) >= 11 is 0. The molecule has 1 aromatic rings. The van der Waals surface area contributed by atoms with Gasteiger partial charge in [-0.1, -0.05) is 30.3 Å². The summed E-state index contributed by atoms with van der Waals surface area (Å²) in [6, 6.07) is 9.45. The van der Waals surface area contributed by atoms with Gasteiger partial charge in [0, 0.05) is 12.1 Å². The Hall–Kier alpha value is -2.79. The Morgan fingerprint density at radius 2 is 1.97 bits per heavy atom. The summed E-state index contributed by atoms with van der Waals surface area (Å²) in [5.74, 6) is -4.16. The smallest absolute Gasteiger partial charge is 0.310 e. The number of nitrogens with one attached hydrogen (secondary N) is 1. The van der Waals surface area contributed by atoms with E-state index in [4.69, 9.17) is 14.0 Å². The van der Waals surface area contributed by atoms with Gasteiger partial charge >= 0.3 is 22.1 Å². The summed E-state index contributed by atoms with van der Waals surface area (Å²) in [6.45, 7) is -1.16. The van der Waals surface area contributed by atoms with Gasteiger partial charge in [0.1, 0.15) is 6.61 Å². The van der Waals surface area contributed by atoms with Crippen LogP contribution in [0.1, 0.15) is 12.0 Å². The van der Waals surface area contributed by atoms with Crippen LogP contribution in [0.2, 0.25) is 0 Å². The van der Waals surface area contributed by atoms with Gasteiger partial charge in [-0.3, -0.25) is 19.6 Å². The lowest BCUT2D eigenvalue weighted by Gasteiger charge is -2.37. The maximum Gasteiger partial charge on any atom is 0.310 e. The SMILES string of the molecule is COC(=O)C1C2CC(C3=CNN=C(c4ccccc4)C32)C1C(=O)OCC(F)S(=O)(=O)O. The predicted molar refractivity (Wildman–Crippen MR) is 106 cm³/mol. The first kappa shape index (κ1) is 21.4. The molecule has 6 unspecified atom stereocenters. The highest BCUT2D eigenvalue weighted by Crippen LogP contribution is 2.60. The zero-order valence-electron chi connectivity index (χ0n) is 16.5. The van der Waals surface area contributed by atoms with Crippen molar-refractivity contribution in [2.45, 2.75) is 11.9 Å². The van der Waals surface area contributed by atoms with Gasteiger partial charge in [-0.15, -0.1) is 0 Å². The summed E-state index contributed by atoms with van der Waals surface area (Å²) in [4.78, 5) is 25.4. The third kappa shape index (κ3) is 3.72. The van der Waals surface area contributed by atoms with E-state index in [0.29, 0.717) is 6.42 Å². The number of alkyl halides is 1. The molecule has 9 nitrogen and oxygen atoms in total. The topological polar surface area (TPSA) is 131 Å².